The molecule has 1 saturated carbocycles. The quantitative estimate of drug-likeness (QED) is 0.318. The van der Waals surface area contributed by atoms with Crippen molar-refractivity contribution < 1.29 is 24.3 Å². The molecule has 1 saturated heterocycles. The first-order chi connectivity index (χ1) is 14.3. The Kier molecular flexibility index (Phi) is 5.64. The van der Waals surface area contributed by atoms with Crippen molar-refractivity contribution in [3.63, 3.8) is 0 Å². The van der Waals surface area contributed by atoms with Gasteiger partial charge in [0.15, 0.2) is 5.13 Å². The monoisotopic (exact) mass is 452 g/mol. The summed E-state index contributed by atoms with van der Waals surface area (Å²) in [5.41, 5.74) is 5.40. The van der Waals surface area contributed by atoms with Gasteiger partial charge in [-0.25, -0.2) is 4.79 Å². The van der Waals surface area contributed by atoms with Gasteiger partial charge >= 0.3 is 5.97 Å². The summed E-state index contributed by atoms with van der Waals surface area (Å²) in [5, 5.41) is 15.5. The summed E-state index contributed by atoms with van der Waals surface area (Å²) in [6.45, 7) is 1.83. The van der Waals surface area contributed by atoms with E-state index in [0.717, 1.165) is 37.2 Å². The molecule has 0 spiro atoms. The van der Waals surface area contributed by atoms with Gasteiger partial charge in [0.2, 0.25) is 11.5 Å². The zero-order chi connectivity index (χ0) is 21.4. The molecule has 3 heterocycles. The third kappa shape index (κ3) is 3.86. The Morgan fingerprint density at radius 2 is 2.13 bits per heavy atom. The lowest BCUT2D eigenvalue weighted by Crippen LogP contribution is -2.71. The topological polar surface area (TPSA) is 160 Å². The highest BCUT2D eigenvalue weighted by molar-refractivity contribution is 8.00. The molecule has 4 N–H and O–H groups in total. The van der Waals surface area contributed by atoms with Crippen LogP contribution >= 0.6 is 23.3 Å². The van der Waals surface area contributed by atoms with Gasteiger partial charge in [-0.05, 0) is 38.7 Å². The largest absolute Gasteiger partial charge is 0.477 e. The van der Waals surface area contributed by atoms with E-state index in [0.29, 0.717) is 0 Å². The predicted molar refractivity (Wildman–Crippen MR) is 110 cm³/mol. The van der Waals surface area contributed by atoms with Gasteiger partial charge in [-0.2, -0.15) is 9.36 Å². The molecule has 0 aromatic carbocycles. The second kappa shape index (κ2) is 8.22. The van der Waals surface area contributed by atoms with Crippen LogP contribution in [0.2, 0.25) is 0 Å². The van der Waals surface area contributed by atoms with Crippen molar-refractivity contribution in [1.82, 2.24) is 19.6 Å². The number of hydrogen-bond donors (Lipinski definition) is 3. The fraction of sp³-hybridized carbons (Fsp3) is 0.529. The van der Waals surface area contributed by atoms with E-state index in [2.05, 4.69) is 19.8 Å². The van der Waals surface area contributed by atoms with E-state index in [1.165, 1.54) is 22.7 Å². The summed E-state index contributed by atoms with van der Waals surface area (Å²) >= 11 is 2.30. The molecule has 2 fully saturated rings. The summed E-state index contributed by atoms with van der Waals surface area (Å²) in [6, 6.07) is -0.888. The minimum absolute atomic E-state index is 0.0208. The molecule has 0 radical (unpaired) electrons. The number of β-lactam (4-membered cyclic amide) rings is 1. The van der Waals surface area contributed by atoms with E-state index in [-0.39, 0.29) is 33.7 Å². The standard InChI is InChI=1S/C17H20N6O5S2/c1-7-6-9(16(26)27)23-14(25)11(15(23)29-7)19-13(24)10(12-20-17(18)30-22-12)21-28-8-4-2-3-5-8/h6-8,11,15H,2-5H2,1H3,(H,19,24)(H,26,27)(H2,18,20,22)/t7?,11?,15-/m0/s1. The molecule has 3 atom stereocenters. The predicted octanol–water partition coefficient (Wildman–Crippen LogP) is 0.541. The number of carboxylic acids is 1. The van der Waals surface area contributed by atoms with Crippen molar-refractivity contribution in [3.8, 4) is 0 Å². The van der Waals surface area contributed by atoms with Gasteiger partial charge in [0, 0.05) is 16.8 Å². The highest BCUT2D eigenvalue weighted by atomic mass is 32.2. The number of aromatic nitrogens is 2. The average Bonchev–Trinajstić information content (AvgIpc) is 3.37. The Balaban J connectivity index is 1.51. The van der Waals surface area contributed by atoms with Gasteiger partial charge in [-0.3, -0.25) is 14.5 Å². The van der Waals surface area contributed by atoms with E-state index in [4.69, 9.17) is 10.6 Å². The Bertz CT molecular complexity index is 941. The van der Waals surface area contributed by atoms with E-state index in [1.54, 1.807) is 0 Å². The van der Waals surface area contributed by atoms with Crippen molar-refractivity contribution in [2.75, 3.05) is 5.73 Å². The number of oxime groups is 1. The van der Waals surface area contributed by atoms with Crippen LogP contribution in [0.25, 0.3) is 0 Å². The Morgan fingerprint density at radius 1 is 1.40 bits per heavy atom. The van der Waals surface area contributed by atoms with Crippen LogP contribution in [0, 0.1) is 0 Å². The molecule has 0 bridgehead atoms. The minimum atomic E-state index is -1.18. The smallest absolute Gasteiger partial charge is 0.352 e. The number of nitrogens with zero attached hydrogens (tertiary/aromatic N) is 4. The molecule has 1 aromatic heterocycles. The molecule has 2 aliphatic heterocycles. The first-order valence-corrected chi connectivity index (χ1v) is 11.1. The number of hydrogen-bond acceptors (Lipinski definition) is 10. The van der Waals surface area contributed by atoms with Gasteiger partial charge in [0.05, 0.1) is 0 Å². The van der Waals surface area contributed by atoms with Crippen molar-refractivity contribution >= 4 is 51.9 Å². The normalized spacial score (nSPS) is 26.6. The van der Waals surface area contributed by atoms with Crippen LogP contribution in [-0.4, -0.2) is 65.6 Å². The molecule has 2 amide bonds. The minimum Gasteiger partial charge on any atom is -0.477 e. The van der Waals surface area contributed by atoms with Crippen molar-refractivity contribution in [2.24, 2.45) is 5.16 Å². The second-order valence-corrected chi connectivity index (χ2v) is 9.44. The number of nitrogen functional groups attached to an aromatic ring is 1. The van der Waals surface area contributed by atoms with Crippen LogP contribution in [0.4, 0.5) is 5.13 Å². The summed E-state index contributed by atoms with van der Waals surface area (Å²) in [7, 11) is 0. The van der Waals surface area contributed by atoms with Gasteiger partial charge in [0.1, 0.15) is 23.2 Å². The molecule has 2 unspecified atom stereocenters. The fourth-order valence-electron chi connectivity index (χ4n) is 3.57. The number of anilines is 1. The fourth-order valence-corrected chi connectivity index (χ4v) is 5.34. The Labute approximate surface area is 179 Å². The molecule has 160 valence electrons. The van der Waals surface area contributed by atoms with Crippen molar-refractivity contribution in [1.29, 1.82) is 0 Å². The van der Waals surface area contributed by atoms with Crippen LogP contribution in [0.15, 0.2) is 16.9 Å². The van der Waals surface area contributed by atoms with Crippen LogP contribution in [-0.2, 0) is 19.2 Å². The number of carbonyl (C=O) groups is 3. The average molecular weight is 453 g/mol. The Hall–Kier alpha value is -2.67. The van der Waals surface area contributed by atoms with Crippen LogP contribution < -0.4 is 11.1 Å². The van der Waals surface area contributed by atoms with Crippen LogP contribution in [0.5, 0.6) is 0 Å². The number of rotatable bonds is 6. The lowest BCUT2D eigenvalue weighted by Gasteiger charge is -2.49. The molecule has 11 nitrogen and oxygen atoms in total. The van der Waals surface area contributed by atoms with Gasteiger partial charge in [-0.1, -0.05) is 5.16 Å². The van der Waals surface area contributed by atoms with Gasteiger partial charge < -0.3 is 21.0 Å². The number of thioether (sulfide) groups is 1. The van der Waals surface area contributed by atoms with Gasteiger partial charge in [-0.15, -0.1) is 11.8 Å². The Morgan fingerprint density at radius 3 is 2.77 bits per heavy atom. The number of carboxylic acid groups (broad SMARTS) is 1. The number of amides is 2. The summed E-state index contributed by atoms with van der Waals surface area (Å²) in [4.78, 5) is 47.6. The van der Waals surface area contributed by atoms with E-state index in [9.17, 15) is 19.5 Å². The third-order valence-electron chi connectivity index (χ3n) is 5.02. The van der Waals surface area contributed by atoms with Crippen LogP contribution in [0.1, 0.15) is 38.4 Å². The maximum absolute atomic E-state index is 12.9. The molecular formula is C17H20N6O5S2. The number of aliphatic carboxylic acids is 1. The van der Waals surface area contributed by atoms with Gasteiger partial charge in [0.25, 0.3) is 11.8 Å². The first-order valence-electron chi connectivity index (χ1n) is 9.43. The zero-order valence-electron chi connectivity index (χ0n) is 16.0. The van der Waals surface area contributed by atoms with E-state index in [1.807, 2.05) is 6.92 Å². The molecule has 4 rings (SSSR count). The summed E-state index contributed by atoms with van der Waals surface area (Å²) in [5.74, 6) is -2.33. The maximum atomic E-state index is 12.9. The highest BCUT2D eigenvalue weighted by Crippen LogP contribution is 2.40. The first kappa shape index (κ1) is 20.6. The van der Waals surface area contributed by atoms with E-state index < -0.39 is 29.2 Å². The number of fused-ring (bicyclic) bond motifs is 1. The van der Waals surface area contributed by atoms with Crippen molar-refractivity contribution in [2.45, 2.75) is 55.4 Å². The lowest BCUT2D eigenvalue weighted by atomic mass is 10.0. The van der Waals surface area contributed by atoms with Crippen molar-refractivity contribution in [3.05, 3.63) is 17.6 Å². The molecule has 1 aromatic rings. The number of nitrogens with two attached hydrogens (primary N) is 1. The number of carbonyl (C=O) groups excluding carboxylic acids is 2. The third-order valence-corrected chi connectivity index (χ3v) is 6.89. The molecular weight excluding hydrogens is 432 g/mol. The zero-order valence-corrected chi connectivity index (χ0v) is 17.6. The SMILES string of the molecule is CC1C=C(C(=O)O)N2C(=O)C(NC(=O)C(=NOC3CCCC3)c3nsc(N)n3)[C@@H]2S1. The highest BCUT2D eigenvalue weighted by Gasteiger charge is 2.54. The molecule has 3 aliphatic rings. The lowest BCUT2D eigenvalue weighted by molar-refractivity contribution is -0.150. The molecule has 30 heavy (non-hydrogen) atoms. The number of nitrogens with one attached hydrogen (secondary N) is 1. The molecule has 1 aliphatic carbocycles. The summed E-state index contributed by atoms with van der Waals surface area (Å²) < 4.78 is 4.03. The maximum Gasteiger partial charge on any atom is 0.352 e. The summed E-state index contributed by atoms with van der Waals surface area (Å²) in [6.07, 6.45) is 5.20. The van der Waals surface area contributed by atoms with E-state index >= 15 is 0 Å². The second-order valence-electron chi connectivity index (χ2n) is 7.16. The van der Waals surface area contributed by atoms with Crippen LogP contribution in [0.3, 0.4) is 0 Å². The molecule has 13 heteroatoms.